The highest BCUT2D eigenvalue weighted by atomic mass is 16.5. The molecule has 1 saturated heterocycles. The van der Waals surface area contributed by atoms with Crippen molar-refractivity contribution in [2.45, 2.75) is 44.6 Å². The minimum atomic E-state index is -0.684. The van der Waals surface area contributed by atoms with Gasteiger partial charge in [-0.1, -0.05) is 31.5 Å². The van der Waals surface area contributed by atoms with Crippen molar-refractivity contribution in [1.29, 1.82) is 0 Å². The third-order valence-electron chi connectivity index (χ3n) is 5.86. The maximum Gasteiger partial charge on any atom is 0.259 e. The number of carbonyl (C=O) groups excluding carboxylic acids is 2. The summed E-state index contributed by atoms with van der Waals surface area (Å²) in [6.45, 7) is 4.93. The molecule has 2 atom stereocenters. The Morgan fingerprint density at radius 2 is 2.11 bits per heavy atom. The van der Waals surface area contributed by atoms with Gasteiger partial charge in [0.15, 0.2) is 0 Å². The van der Waals surface area contributed by atoms with E-state index in [9.17, 15) is 9.59 Å². The number of nitrogens with one attached hydrogen (secondary N) is 1. The zero-order valence-corrected chi connectivity index (χ0v) is 16.3. The summed E-state index contributed by atoms with van der Waals surface area (Å²) in [7, 11) is 0. The second kappa shape index (κ2) is 7.26. The van der Waals surface area contributed by atoms with E-state index < -0.39 is 5.41 Å². The van der Waals surface area contributed by atoms with Crippen LogP contribution in [0.4, 0.5) is 5.69 Å². The molecule has 3 heterocycles. The lowest BCUT2D eigenvalue weighted by Gasteiger charge is -2.34. The average Bonchev–Trinajstić information content (AvgIpc) is 3.22. The van der Waals surface area contributed by atoms with Gasteiger partial charge in [-0.15, -0.1) is 0 Å². The van der Waals surface area contributed by atoms with E-state index in [0.29, 0.717) is 31.0 Å². The number of aromatic nitrogens is 1. The Morgan fingerprint density at radius 3 is 2.89 bits per heavy atom. The van der Waals surface area contributed by atoms with Crippen molar-refractivity contribution in [1.82, 2.24) is 9.88 Å². The molecular weight excluding hydrogens is 354 g/mol. The van der Waals surface area contributed by atoms with Crippen LogP contribution in [0.3, 0.4) is 0 Å². The molecule has 1 fully saturated rings. The number of fused-ring (bicyclic) bond motifs is 2. The third kappa shape index (κ3) is 2.66. The van der Waals surface area contributed by atoms with Crippen LogP contribution in [0.5, 0.6) is 5.88 Å². The molecule has 1 aromatic heterocycles. The summed E-state index contributed by atoms with van der Waals surface area (Å²) in [6.07, 6.45) is 3.89. The standard InChI is InChI=1S/C22H25N3O3/c1-3-8-18-22(16-10-5-6-11-17(16)24-21(22)27)12-14-25(18)20(26)15-9-7-13-23-19(15)28-4-2/h5-7,9-11,13,18H,3-4,8,12,14H2,1-2H3,(H,24,27)/t18-,22+/m0/s1. The first-order chi connectivity index (χ1) is 13.6. The minimum Gasteiger partial charge on any atom is -0.477 e. The van der Waals surface area contributed by atoms with Gasteiger partial charge in [0.2, 0.25) is 11.8 Å². The van der Waals surface area contributed by atoms with Crippen molar-refractivity contribution in [3.8, 4) is 5.88 Å². The van der Waals surface area contributed by atoms with E-state index in [4.69, 9.17) is 4.74 Å². The highest BCUT2D eigenvalue weighted by Crippen LogP contribution is 2.49. The number of carbonyl (C=O) groups is 2. The van der Waals surface area contributed by atoms with E-state index in [1.54, 1.807) is 18.3 Å². The summed E-state index contributed by atoms with van der Waals surface area (Å²) < 4.78 is 5.57. The molecule has 0 unspecified atom stereocenters. The number of likely N-dealkylation sites (tertiary alicyclic amines) is 1. The second-order valence-electron chi connectivity index (χ2n) is 7.31. The molecule has 1 aromatic carbocycles. The number of pyridine rings is 1. The van der Waals surface area contributed by atoms with Gasteiger partial charge in [0.1, 0.15) is 5.56 Å². The average molecular weight is 379 g/mol. The van der Waals surface area contributed by atoms with Gasteiger partial charge in [-0.05, 0) is 43.5 Å². The number of anilines is 1. The Morgan fingerprint density at radius 1 is 1.29 bits per heavy atom. The number of rotatable bonds is 5. The number of hydrogen-bond donors (Lipinski definition) is 1. The van der Waals surface area contributed by atoms with Gasteiger partial charge >= 0.3 is 0 Å². The third-order valence-corrected chi connectivity index (χ3v) is 5.86. The van der Waals surface area contributed by atoms with Crippen LogP contribution in [0.1, 0.15) is 49.0 Å². The number of benzene rings is 1. The van der Waals surface area contributed by atoms with E-state index in [1.165, 1.54) is 0 Å². The van der Waals surface area contributed by atoms with E-state index >= 15 is 0 Å². The lowest BCUT2D eigenvalue weighted by Crippen LogP contribution is -2.48. The summed E-state index contributed by atoms with van der Waals surface area (Å²) >= 11 is 0. The molecule has 2 aliphatic rings. The Balaban J connectivity index is 1.75. The van der Waals surface area contributed by atoms with Gasteiger partial charge in [0.05, 0.1) is 18.1 Å². The van der Waals surface area contributed by atoms with Gasteiger partial charge in [-0.3, -0.25) is 9.59 Å². The Bertz CT molecular complexity index is 913. The molecular formula is C22H25N3O3. The highest BCUT2D eigenvalue weighted by Gasteiger charge is 2.58. The molecule has 0 saturated carbocycles. The molecule has 2 aromatic rings. The zero-order valence-electron chi connectivity index (χ0n) is 16.3. The van der Waals surface area contributed by atoms with E-state index in [-0.39, 0.29) is 17.9 Å². The van der Waals surface area contributed by atoms with Gasteiger partial charge in [-0.2, -0.15) is 0 Å². The zero-order chi connectivity index (χ0) is 19.7. The normalized spacial score (nSPS) is 23.0. The first-order valence-corrected chi connectivity index (χ1v) is 9.93. The van der Waals surface area contributed by atoms with Crippen molar-refractivity contribution in [3.05, 3.63) is 53.7 Å². The summed E-state index contributed by atoms with van der Waals surface area (Å²) in [5.41, 5.74) is 1.63. The molecule has 0 radical (unpaired) electrons. The molecule has 0 aliphatic carbocycles. The predicted molar refractivity (Wildman–Crippen MR) is 107 cm³/mol. The molecule has 28 heavy (non-hydrogen) atoms. The van der Waals surface area contributed by atoms with Gasteiger partial charge in [-0.25, -0.2) is 4.98 Å². The van der Waals surface area contributed by atoms with Crippen molar-refractivity contribution in [3.63, 3.8) is 0 Å². The Kier molecular flexibility index (Phi) is 4.79. The first kappa shape index (κ1) is 18.5. The van der Waals surface area contributed by atoms with Crippen LogP contribution < -0.4 is 10.1 Å². The van der Waals surface area contributed by atoms with Crippen LogP contribution in [0.25, 0.3) is 0 Å². The van der Waals surface area contributed by atoms with Crippen molar-refractivity contribution in [2.75, 3.05) is 18.5 Å². The number of amides is 2. The van der Waals surface area contributed by atoms with E-state index in [1.807, 2.05) is 36.1 Å². The van der Waals surface area contributed by atoms with Gasteiger partial charge in [0.25, 0.3) is 5.91 Å². The van der Waals surface area contributed by atoms with Crippen LogP contribution in [0, 0.1) is 0 Å². The number of nitrogens with zero attached hydrogens (tertiary/aromatic N) is 2. The summed E-state index contributed by atoms with van der Waals surface area (Å²) in [6, 6.07) is 11.1. The van der Waals surface area contributed by atoms with E-state index in [2.05, 4.69) is 17.2 Å². The smallest absolute Gasteiger partial charge is 0.259 e. The number of ether oxygens (including phenoxy) is 1. The largest absolute Gasteiger partial charge is 0.477 e. The molecule has 6 nitrogen and oxygen atoms in total. The SMILES string of the molecule is CCC[C@@H]1N(C(=O)c2cccnc2OCC)CC[C@]12C(=O)Nc1ccccc12. The topological polar surface area (TPSA) is 71.5 Å². The van der Waals surface area contributed by atoms with Crippen LogP contribution in [0.15, 0.2) is 42.6 Å². The van der Waals surface area contributed by atoms with Crippen molar-refractivity contribution >= 4 is 17.5 Å². The molecule has 0 bridgehead atoms. The summed E-state index contributed by atoms with van der Waals surface area (Å²) in [5.74, 6) is 0.227. The molecule has 4 rings (SSSR count). The van der Waals surface area contributed by atoms with Gasteiger partial charge < -0.3 is 15.0 Å². The lowest BCUT2D eigenvalue weighted by molar-refractivity contribution is -0.121. The molecule has 2 aliphatic heterocycles. The second-order valence-corrected chi connectivity index (χ2v) is 7.31. The van der Waals surface area contributed by atoms with Gasteiger partial charge in [0, 0.05) is 18.4 Å². The molecule has 146 valence electrons. The monoisotopic (exact) mass is 379 g/mol. The van der Waals surface area contributed by atoms with Crippen LogP contribution >= 0.6 is 0 Å². The van der Waals surface area contributed by atoms with Crippen LogP contribution in [-0.2, 0) is 10.2 Å². The molecule has 1 spiro atoms. The maximum absolute atomic E-state index is 13.5. The Hall–Kier alpha value is -2.89. The predicted octanol–water partition coefficient (Wildman–Crippen LogP) is 3.39. The molecule has 1 N–H and O–H groups in total. The van der Waals surface area contributed by atoms with Crippen molar-refractivity contribution in [2.24, 2.45) is 0 Å². The fraction of sp³-hybridized carbons (Fsp3) is 0.409. The van der Waals surface area contributed by atoms with Crippen LogP contribution in [0.2, 0.25) is 0 Å². The minimum absolute atomic E-state index is 0.00123. The number of hydrogen-bond acceptors (Lipinski definition) is 4. The molecule has 2 amide bonds. The maximum atomic E-state index is 13.5. The fourth-order valence-electron chi connectivity index (χ4n) is 4.68. The van der Waals surface area contributed by atoms with Crippen molar-refractivity contribution < 1.29 is 14.3 Å². The first-order valence-electron chi connectivity index (χ1n) is 9.93. The fourth-order valence-corrected chi connectivity index (χ4v) is 4.68. The summed E-state index contributed by atoms with van der Waals surface area (Å²) in [5, 5.41) is 3.04. The summed E-state index contributed by atoms with van der Waals surface area (Å²) in [4.78, 5) is 32.7. The Labute approximate surface area is 164 Å². The molecule has 6 heteroatoms. The van der Waals surface area contributed by atoms with E-state index in [0.717, 1.165) is 24.1 Å². The quantitative estimate of drug-likeness (QED) is 0.864. The van der Waals surface area contributed by atoms with Crippen LogP contribution in [-0.4, -0.2) is 40.9 Å². The number of para-hydroxylation sites is 1. The lowest BCUT2D eigenvalue weighted by atomic mass is 9.73. The highest BCUT2D eigenvalue weighted by molar-refractivity contribution is 6.08.